The van der Waals surface area contributed by atoms with Gasteiger partial charge >= 0.3 is 0 Å². The molecule has 0 radical (unpaired) electrons. The van der Waals surface area contributed by atoms with Gasteiger partial charge in [0.05, 0.1) is 0 Å². The molecular formula is C21H31ClN2O. The molecule has 2 saturated carbocycles. The van der Waals surface area contributed by atoms with Gasteiger partial charge in [-0.25, -0.2) is 0 Å². The minimum atomic E-state index is 0. The Morgan fingerprint density at radius 3 is 2.48 bits per heavy atom. The predicted octanol–water partition coefficient (Wildman–Crippen LogP) is 3.81. The van der Waals surface area contributed by atoms with E-state index in [-0.39, 0.29) is 12.4 Å². The summed E-state index contributed by atoms with van der Waals surface area (Å²) >= 11 is 0. The Hall–Kier alpha value is -1.06. The molecule has 1 spiro atoms. The average Bonchev–Trinajstić information content (AvgIpc) is 3.06. The van der Waals surface area contributed by atoms with Crippen LogP contribution in [0, 0.1) is 11.3 Å². The van der Waals surface area contributed by atoms with Gasteiger partial charge < -0.3 is 10.2 Å². The van der Waals surface area contributed by atoms with Crippen LogP contribution in [0.2, 0.25) is 0 Å². The van der Waals surface area contributed by atoms with Crippen molar-refractivity contribution in [3.8, 4) is 0 Å². The fraction of sp³-hybridized carbons (Fsp3) is 0.667. The van der Waals surface area contributed by atoms with E-state index >= 15 is 0 Å². The SMILES string of the molecule is Cl.O=C(C1CC12CCNCC2)N(CCc1ccccc1)C1CCCC1. The Bertz CT molecular complexity index is 565. The highest BCUT2D eigenvalue weighted by molar-refractivity contribution is 5.85. The van der Waals surface area contributed by atoms with Gasteiger partial charge in [0.1, 0.15) is 0 Å². The first-order valence-electron chi connectivity index (χ1n) is 9.84. The lowest BCUT2D eigenvalue weighted by atomic mass is 9.91. The van der Waals surface area contributed by atoms with Crippen molar-refractivity contribution >= 4 is 18.3 Å². The monoisotopic (exact) mass is 362 g/mol. The molecule has 1 atom stereocenters. The first-order chi connectivity index (χ1) is 11.8. The molecule has 3 nitrogen and oxygen atoms in total. The van der Waals surface area contributed by atoms with E-state index in [4.69, 9.17) is 0 Å². The van der Waals surface area contributed by atoms with Crippen LogP contribution < -0.4 is 5.32 Å². The predicted molar refractivity (Wildman–Crippen MR) is 104 cm³/mol. The van der Waals surface area contributed by atoms with Crippen LogP contribution in [0.15, 0.2) is 30.3 Å². The van der Waals surface area contributed by atoms with Gasteiger partial charge in [0.15, 0.2) is 0 Å². The number of amides is 1. The third-order valence-corrected chi connectivity index (χ3v) is 6.62. The Morgan fingerprint density at radius 1 is 1.12 bits per heavy atom. The van der Waals surface area contributed by atoms with E-state index in [9.17, 15) is 4.79 Å². The Labute approximate surface area is 158 Å². The summed E-state index contributed by atoms with van der Waals surface area (Å²) in [5.41, 5.74) is 1.70. The number of piperidine rings is 1. The van der Waals surface area contributed by atoms with Crippen LogP contribution in [0.5, 0.6) is 0 Å². The third kappa shape index (κ3) is 4.03. The number of hydrogen-bond donors (Lipinski definition) is 1. The first-order valence-corrected chi connectivity index (χ1v) is 9.84. The molecule has 25 heavy (non-hydrogen) atoms. The zero-order chi connectivity index (χ0) is 16.4. The summed E-state index contributed by atoms with van der Waals surface area (Å²) in [6, 6.07) is 11.1. The van der Waals surface area contributed by atoms with E-state index in [0.29, 0.717) is 23.3 Å². The molecule has 1 saturated heterocycles. The maximum Gasteiger partial charge on any atom is 0.226 e. The van der Waals surface area contributed by atoms with Gasteiger partial charge in [0, 0.05) is 18.5 Å². The highest BCUT2D eigenvalue weighted by atomic mass is 35.5. The van der Waals surface area contributed by atoms with E-state index in [1.807, 2.05) is 0 Å². The van der Waals surface area contributed by atoms with Crippen molar-refractivity contribution in [2.75, 3.05) is 19.6 Å². The van der Waals surface area contributed by atoms with Gasteiger partial charge in [-0.2, -0.15) is 0 Å². The first kappa shape index (κ1) is 18.7. The number of nitrogens with zero attached hydrogens (tertiary/aromatic N) is 1. The van der Waals surface area contributed by atoms with Crippen LogP contribution in [-0.2, 0) is 11.2 Å². The smallest absolute Gasteiger partial charge is 0.226 e. The lowest BCUT2D eigenvalue weighted by Gasteiger charge is -2.31. The van der Waals surface area contributed by atoms with Crippen LogP contribution >= 0.6 is 12.4 Å². The maximum atomic E-state index is 13.3. The van der Waals surface area contributed by atoms with Crippen molar-refractivity contribution in [3.05, 3.63) is 35.9 Å². The lowest BCUT2D eigenvalue weighted by Crippen LogP contribution is -2.43. The Morgan fingerprint density at radius 2 is 1.80 bits per heavy atom. The van der Waals surface area contributed by atoms with E-state index < -0.39 is 0 Å². The largest absolute Gasteiger partial charge is 0.339 e. The van der Waals surface area contributed by atoms with Gasteiger partial charge in [-0.1, -0.05) is 43.2 Å². The molecule has 1 amide bonds. The number of hydrogen-bond acceptors (Lipinski definition) is 2. The summed E-state index contributed by atoms with van der Waals surface area (Å²) in [5.74, 6) is 0.788. The molecule has 3 fully saturated rings. The van der Waals surface area contributed by atoms with Crippen molar-refractivity contribution in [2.24, 2.45) is 11.3 Å². The summed E-state index contributed by atoms with van der Waals surface area (Å²) in [5, 5.41) is 3.45. The molecule has 1 N–H and O–H groups in total. The van der Waals surface area contributed by atoms with Crippen molar-refractivity contribution in [1.82, 2.24) is 10.2 Å². The van der Waals surface area contributed by atoms with Crippen LogP contribution in [0.3, 0.4) is 0 Å². The Kier molecular flexibility index (Phi) is 6.06. The van der Waals surface area contributed by atoms with Gasteiger partial charge in [-0.15, -0.1) is 12.4 Å². The molecule has 3 aliphatic rings. The lowest BCUT2D eigenvalue weighted by molar-refractivity contribution is -0.135. The second kappa shape index (κ2) is 8.09. The number of carbonyl (C=O) groups is 1. The van der Waals surface area contributed by atoms with Crippen LogP contribution in [0.1, 0.15) is 50.5 Å². The van der Waals surface area contributed by atoms with Crippen LogP contribution in [-0.4, -0.2) is 36.5 Å². The second-order valence-corrected chi connectivity index (χ2v) is 8.07. The maximum absolute atomic E-state index is 13.3. The van der Waals surface area contributed by atoms with Crippen molar-refractivity contribution < 1.29 is 4.79 Å². The molecule has 2 aliphatic carbocycles. The molecule has 1 heterocycles. The molecule has 4 rings (SSSR count). The standard InChI is InChI=1S/C21H30N2O.ClH/c24-20(19-16-21(19)11-13-22-14-12-21)23(18-8-4-5-9-18)15-10-17-6-2-1-3-7-17;/h1-3,6-7,18-19,22H,4-5,8-16H2;1H. The minimum Gasteiger partial charge on any atom is -0.339 e. The molecule has 1 aromatic rings. The molecule has 1 unspecified atom stereocenters. The zero-order valence-electron chi connectivity index (χ0n) is 15.1. The van der Waals surface area contributed by atoms with E-state index in [1.165, 1.54) is 44.1 Å². The summed E-state index contributed by atoms with van der Waals surface area (Å²) in [6.45, 7) is 3.09. The van der Waals surface area contributed by atoms with Gasteiger partial charge in [-0.05, 0) is 62.6 Å². The Balaban J connectivity index is 0.00000182. The van der Waals surface area contributed by atoms with Crippen molar-refractivity contribution in [3.63, 3.8) is 0 Å². The molecule has 0 bridgehead atoms. The fourth-order valence-electron chi connectivity index (χ4n) is 4.96. The molecular weight excluding hydrogens is 332 g/mol. The van der Waals surface area contributed by atoms with Crippen molar-refractivity contribution in [1.29, 1.82) is 0 Å². The summed E-state index contributed by atoms with van der Waals surface area (Å²) in [7, 11) is 0. The summed E-state index contributed by atoms with van der Waals surface area (Å²) in [6.07, 6.45) is 9.52. The molecule has 0 aromatic heterocycles. The van der Waals surface area contributed by atoms with E-state index in [0.717, 1.165) is 32.5 Å². The van der Waals surface area contributed by atoms with E-state index in [1.54, 1.807) is 0 Å². The number of rotatable bonds is 5. The quantitative estimate of drug-likeness (QED) is 0.863. The number of nitrogens with one attached hydrogen (secondary N) is 1. The molecule has 138 valence electrons. The average molecular weight is 363 g/mol. The second-order valence-electron chi connectivity index (χ2n) is 8.07. The molecule has 4 heteroatoms. The number of halogens is 1. The minimum absolute atomic E-state index is 0. The highest BCUT2D eigenvalue weighted by Crippen LogP contribution is 2.59. The highest BCUT2D eigenvalue weighted by Gasteiger charge is 2.58. The van der Waals surface area contributed by atoms with Gasteiger partial charge in [0.2, 0.25) is 5.91 Å². The molecule has 1 aromatic carbocycles. The summed E-state index contributed by atoms with van der Waals surface area (Å²) in [4.78, 5) is 15.6. The van der Waals surface area contributed by atoms with E-state index in [2.05, 4.69) is 40.5 Å². The zero-order valence-corrected chi connectivity index (χ0v) is 15.9. The molecule has 1 aliphatic heterocycles. The third-order valence-electron chi connectivity index (χ3n) is 6.62. The van der Waals surface area contributed by atoms with Crippen molar-refractivity contribution in [2.45, 2.75) is 57.4 Å². The number of benzene rings is 1. The van der Waals surface area contributed by atoms with Crippen LogP contribution in [0.25, 0.3) is 0 Å². The van der Waals surface area contributed by atoms with Gasteiger partial charge in [-0.3, -0.25) is 4.79 Å². The fourth-order valence-corrected chi connectivity index (χ4v) is 4.96. The summed E-state index contributed by atoms with van der Waals surface area (Å²) < 4.78 is 0. The van der Waals surface area contributed by atoms with Crippen LogP contribution in [0.4, 0.5) is 0 Å². The normalized spacial score (nSPS) is 24.7. The topological polar surface area (TPSA) is 32.3 Å². The van der Waals surface area contributed by atoms with Gasteiger partial charge in [0.25, 0.3) is 0 Å². The number of carbonyl (C=O) groups excluding carboxylic acids is 1.